The Balaban J connectivity index is 1.49. The van der Waals surface area contributed by atoms with Crippen molar-refractivity contribution in [1.29, 1.82) is 0 Å². The van der Waals surface area contributed by atoms with E-state index in [9.17, 15) is 14.4 Å². The van der Waals surface area contributed by atoms with E-state index in [-0.39, 0.29) is 40.3 Å². The number of benzene rings is 2. The van der Waals surface area contributed by atoms with Gasteiger partial charge in [0.1, 0.15) is 17.1 Å². The molecule has 6 N–H and O–H groups in total. The fourth-order valence-corrected chi connectivity index (χ4v) is 4.45. The number of amides is 4. The highest BCUT2D eigenvalue weighted by molar-refractivity contribution is 6.26. The van der Waals surface area contributed by atoms with Crippen molar-refractivity contribution >= 4 is 35.0 Å². The van der Waals surface area contributed by atoms with Gasteiger partial charge in [-0.1, -0.05) is 18.2 Å². The number of urea groups is 1. The summed E-state index contributed by atoms with van der Waals surface area (Å²) in [6.45, 7) is 4.67. The van der Waals surface area contributed by atoms with Crippen molar-refractivity contribution in [2.45, 2.75) is 32.2 Å². The molecule has 2 heterocycles. The summed E-state index contributed by atoms with van der Waals surface area (Å²) < 4.78 is 20.7. The summed E-state index contributed by atoms with van der Waals surface area (Å²) in [5, 5.41) is 10.8. The third kappa shape index (κ3) is 7.61. The molecule has 0 radical (unpaired) electrons. The first-order chi connectivity index (χ1) is 20.0. The Hall–Kier alpha value is -4.97. The standard InChI is InChI=1S/C30H34FN7O4/c1-30(2,32)26(33-3)25(27(39)35-19-9-5-4-6-10-19)28(40)36-20-11-12-23(22(31)17-20)42-21-13-14-34-24(18-21)37-29(41)38-15-7-8-16-38/h4-6,9-14,17-18,33H,7-8,15-16,32H2,1-3H3,(H,35,39)(H,36,40)(H,34,37,41)/b26-25+. The molecule has 0 aliphatic carbocycles. The molecule has 1 saturated heterocycles. The van der Waals surface area contributed by atoms with Gasteiger partial charge in [-0.3, -0.25) is 14.9 Å². The van der Waals surface area contributed by atoms with E-state index in [0.29, 0.717) is 18.8 Å². The molecule has 1 aliphatic rings. The van der Waals surface area contributed by atoms with E-state index in [0.717, 1.165) is 18.9 Å². The first kappa shape index (κ1) is 30.0. The zero-order chi connectivity index (χ0) is 30.3. The number of rotatable bonds is 9. The second-order valence-corrected chi connectivity index (χ2v) is 10.2. The van der Waals surface area contributed by atoms with Gasteiger partial charge in [0.05, 0.1) is 5.54 Å². The molecule has 4 rings (SSSR count). The van der Waals surface area contributed by atoms with Gasteiger partial charge in [-0.2, -0.15) is 0 Å². The summed E-state index contributed by atoms with van der Waals surface area (Å²) in [7, 11) is 1.56. The number of para-hydroxylation sites is 1. The normalized spacial score (nSPS) is 13.6. The topological polar surface area (TPSA) is 151 Å². The van der Waals surface area contributed by atoms with Crippen LogP contribution >= 0.6 is 0 Å². The molecule has 11 nitrogen and oxygen atoms in total. The Labute approximate surface area is 243 Å². The number of aromatic nitrogens is 1. The van der Waals surface area contributed by atoms with Crippen LogP contribution in [0.3, 0.4) is 0 Å². The highest BCUT2D eigenvalue weighted by Crippen LogP contribution is 2.28. The maximum absolute atomic E-state index is 15.1. The maximum atomic E-state index is 15.1. The highest BCUT2D eigenvalue weighted by Gasteiger charge is 2.30. The number of carbonyl (C=O) groups is 3. The highest BCUT2D eigenvalue weighted by atomic mass is 19.1. The first-order valence-electron chi connectivity index (χ1n) is 13.4. The Kier molecular flexibility index (Phi) is 9.38. The van der Waals surface area contributed by atoms with Crippen molar-refractivity contribution in [3.05, 3.63) is 83.9 Å². The minimum Gasteiger partial charge on any atom is -0.454 e. The smallest absolute Gasteiger partial charge is 0.323 e. The van der Waals surface area contributed by atoms with E-state index in [4.69, 9.17) is 10.5 Å². The number of anilines is 3. The molecule has 0 atom stereocenters. The summed E-state index contributed by atoms with van der Waals surface area (Å²) in [6, 6.07) is 15.3. The molecule has 1 fully saturated rings. The van der Waals surface area contributed by atoms with Crippen LogP contribution < -0.4 is 31.7 Å². The molecule has 0 saturated carbocycles. The van der Waals surface area contributed by atoms with Crippen molar-refractivity contribution in [2.24, 2.45) is 5.73 Å². The molecule has 3 aromatic rings. The number of ether oxygens (including phenoxy) is 1. The second-order valence-electron chi connectivity index (χ2n) is 10.2. The minimum atomic E-state index is -1.07. The van der Waals surface area contributed by atoms with Crippen LogP contribution in [0, 0.1) is 5.82 Å². The molecule has 12 heteroatoms. The van der Waals surface area contributed by atoms with Gasteiger partial charge in [0.25, 0.3) is 11.8 Å². The van der Waals surface area contributed by atoms with E-state index in [2.05, 4.69) is 26.3 Å². The zero-order valence-corrected chi connectivity index (χ0v) is 23.7. The van der Waals surface area contributed by atoms with E-state index >= 15 is 4.39 Å². The molecular weight excluding hydrogens is 541 g/mol. The molecule has 0 bridgehead atoms. The number of carbonyl (C=O) groups excluding carboxylic acids is 3. The van der Waals surface area contributed by atoms with Crippen LogP contribution in [-0.4, -0.2) is 53.4 Å². The number of hydrogen-bond acceptors (Lipinski definition) is 7. The van der Waals surface area contributed by atoms with Crippen LogP contribution in [0.5, 0.6) is 11.5 Å². The SMILES string of the molecule is CN/C(=C(\C(=O)Nc1ccccc1)C(=O)Nc1ccc(Oc2ccnc(NC(=O)N3CCCC3)c2)c(F)c1)C(C)(C)N. The molecule has 1 aliphatic heterocycles. The third-order valence-corrected chi connectivity index (χ3v) is 6.41. The van der Waals surface area contributed by atoms with Crippen molar-refractivity contribution in [1.82, 2.24) is 15.2 Å². The number of nitrogens with zero attached hydrogens (tertiary/aromatic N) is 2. The van der Waals surface area contributed by atoms with Crippen molar-refractivity contribution in [2.75, 3.05) is 36.1 Å². The fourth-order valence-electron chi connectivity index (χ4n) is 4.45. The van der Waals surface area contributed by atoms with Crippen molar-refractivity contribution in [3.63, 3.8) is 0 Å². The molecule has 0 unspecified atom stereocenters. The third-order valence-electron chi connectivity index (χ3n) is 6.41. The number of pyridine rings is 1. The zero-order valence-electron chi connectivity index (χ0n) is 23.7. The number of likely N-dealkylation sites (N-methyl/N-ethyl adjacent to an activating group) is 1. The summed E-state index contributed by atoms with van der Waals surface area (Å²) in [5.74, 6) is -1.83. The maximum Gasteiger partial charge on any atom is 0.323 e. The van der Waals surface area contributed by atoms with E-state index in [1.54, 1.807) is 56.1 Å². The predicted molar refractivity (Wildman–Crippen MR) is 159 cm³/mol. The molecule has 42 heavy (non-hydrogen) atoms. The van der Waals surface area contributed by atoms with Crippen LogP contribution in [0.25, 0.3) is 0 Å². The van der Waals surface area contributed by atoms with Gasteiger partial charge >= 0.3 is 6.03 Å². The van der Waals surface area contributed by atoms with Crippen molar-refractivity contribution in [3.8, 4) is 11.5 Å². The lowest BCUT2D eigenvalue weighted by molar-refractivity contribution is -0.118. The van der Waals surface area contributed by atoms with Gasteiger partial charge in [0.15, 0.2) is 11.6 Å². The predicted octanol–water partition coefficient (Wildman–Crippen LogP) is 4.43. The van der Waals surface area contributed by atoms with E-state index < -0.39 is 23.2 Å². The number of likely N-dealkylation sites (tertiary alicyclic amines) is 1. The molecule has 0 spiro atoms. The molecule has 220 valence electrons. The van der Waals surface area contributed by atoms with E-state index in [1.807, 2.05) is 0 Å². The second kappa shape index (κ2) is 13.1. The van der Waals surface area contributed by atoms with Crippen LogP contribution in [-0.2, 0) is 9.59 Å². The number of halogens is 1. The fraction of sp³-hybridized carbons (Fsp3) is 0.267. The Morgan fingerprint density at radius 1 is 0.929 bits per heavy atom. The lowest BCUT2D eigenvalue weighted by Gasteiger charge is -2.26. The average molecular weight is 576 g/mol. The van der Waals surface area contributed by atoms with Crippen LogP contribution in [0.15, 0.2) is 78.1 Å². The summed E-state index contributed by atoms with van der Waals surface area (Å²) in [6.07, 6.45) is 3.35. The van der Waals surface area contributed by atoms with Crippen LogP contribution in [0.4, 0.5) is 26.4 Å². The Bertz CT molecular complexity index is 1480. The average Bonchev–Trinajstić information content (AvgIpc) is 3.48. The monoisotopic (exact) mass is 575 g/mol. The summed E-state index contributed by atoms with van der Waals surface area (Å²) >= 11 is 0. The molecular formula is C30H34FN7O4. The minimum absolute atomic E-state index is 0.0911. The number of hydrogen-bond donors (Lipinski definition) is 5. The lowest BCUT2D eigenvalue weighted by Crippen LogP contribution is -2.44. The van der Waals surface area contributed by atoms with Gasteiger partial charge in [-0.15, -0.1) is 0 Å². The van der Waals surface area contributed by atoms with Crippen molar-refractivity contribution < 1.29 is 23.5 Å². The number of nitrogens with two attached hydrogens (primary N) is 1. The largest absolute Gasteiger partial charge is 0.454 e. The van der Waals surface area contributed by atoms with Crippen LogP contribution in [0.2, 0.25) is 0 Å². The molecule has 2 aromatic carbocycles. The number of nitrogens with one attached hydrogen (secondary N) is 4. The van der Waals surface area contributed by atoms with Gasteiger partial charge in [0, 0.05) is 55.5 Å². The lowest BCUT2D eigenvalue weighted by atomic mass is 9.96. The Morgan fingerprint density at radius 3 is 2.21 bits per heavy atom. The molecule has 4 amide bonds. The molecule has 1 aromatic heterocycles. The van der Waals surface area contributed by atoms with Gasteiger partial charge in [-0.25, -0.2) is 14.2 Å². The first-order valence-corrected chi connectivity index (χ1v) is 13.4. The van der Waals surface area contributed by atoms with Crippen LogP contribution in [0.1, 0.15) is 26.7 Å². The van der Waals surface area contributed by atoms with Gasteiger partial charge in [0.2, 0.25) is 0 Å². The Morgan fingerprint density at radius 2 is 1.60 bits per heavy atom. The van der Waals surface area contributed by atoms with Gasteiger partial charge in [-0.05, 0) is 57.0 Å². The summed E-state index contributed by atoms with van der Waals surface area (Å²) in [4.78, 5) is 44.8. The van der Waals surface area contributed by atoms with E-state index in [1.165, 1.54) is 30.5 Å². The summed E-state index contributed by atoms with van der Waals surface area (Å²) in [5.41, 5.74) is 5.70. The quantitative estimate of drug-likeness (QED) is 0.144. The van der Waals surface area contributed by atoms with Gasteiger partial charge < -0.3 is 31.3 Å².